The second-order valence-corrected chi connectivity index (χ2v) is 3.48. The molecule has 0 spiro atoms. The number of nitrogens with two attached hydrogens (primary N) is 1. The van der Waals surface area contributed by atoms with Gasteiger partial charge in [0.25, 0.3) is 0 Å². The Kier molecular flexibility index (Phi) is 3.08. The smallest absolute Gasteiger partial charge is 0.271 e. The van der Waals surface area contributed by atoms with Gasteiger partial charge in [-0.2, -0.15) is 13.9 Å². The minimum atomic E-state index is -3.45. The van der Waals surface area contributed by atoms with E-state index in [9.17, 15) is 8.78 Å². The van der Waals surface area contributed by atoms with Crippen LogP contribution in [0.3, 0.4) is 0 Å². The number of aromatic nitrogens is 2. The zero-order valence-corrected chi connectivity index (χ0v) is 8.52. The van der Waals surface area contributed by atoms with Crippen LogP contribution < -0.4 is 11.3 Å². The molecule has 0 radical (unpaired) electrons. The fourth-order valence-electron chi connectivity index (χ4n) is 1.30. The number of aryl methyl sites for hydroxylation is 2. The van der Waals surface area contributed by atoms with Crippen LogP contribution in [0.15, 0.2) is 6.20 Å². The standard InChI is InChI=1S/C7H11ClF2N4/c1-4-3-12-14(2)5(4)6(13-11)7(8,9)10/h3,6,13H,11H2,1-2H3. The molecule has 0 bridgehead atoms. The largest absolute Gasteiger partial charge is 0.343 e. The highest BCUT2D eigenvalue weighted by Crippen LogP contribution is 2.35. The molecule has 0 aliphatic heterocycles. The van der Waals surface area contributed by atoms with Gasteiger partial charge in [-0.15, -0.1) is 0 Å². The van der Waals surface area contributed by atoms with E-state index in [1.165, 1.54) is 10.9 Å². The van der Waals surface area contributed by atoms with E-state index >= 15 is 0 Å². The van der Waals surface area contributed by atoms with Crippen LogP contribution >= 0.6 is 11.6 Å². The van der Waals surface area contributed by atoms with Gasteiger partial charge in [0.05, 0.1) is 11.9 Å². The maximum Gasteiger partial charge on any atom is 0.343 e. The molecule has 14 heavy (non-hydrogen) atoms. The fourth-order valence-corrected chi connectivity index (χ4v) is 1.47. The number of alkyl halides is 3. The van der Waals surface area contributed by atoms with Crippen LogP contribution in [0.4, 0.5) is 8.78 Å². The van der Waals surface area contributed by atoms with Crippen molar-refractivity contribution in [1.29, 1.82) is 0 Å². The van der Waals surface area contributed by atoms with E-state index in [1.807, 2.05) is 5.43 Å². The van der Waals surface area contributed by atoms with Crippen molar-refractivity contribution in [3.63, 3.8) is 0 Å². The van der Waals surface area contributed by atoms with Gasteiger partial charge in [-0.1, -0.05) is 0 Å². The molecule has 0 amide bonds. The highest BCUT2D eigenvalue weighted by atomic mass is 35.5. The van der Waals surface area contributed by atoms with E-state index in [1.54, 1.807) is 14.0 Å². The van der Waals surface area contributed by atoms with E-state index in [4.69, 9.17) is 17.4 Å². The predicted octanol–water partition coefficient (Wildman–Crippen LogP) is 1.06. The maximum absolute atomic E-state index is 12.9. The molecule has 3 N–H and O–H groups in total. The summed E-state index contributed by atoms with van der Waals surface area (Å²) >= 11 is 4.92. The lowest BCUT2D eigenvalue weighted by molar-refractivity contribution is 0.0463. The Morgan fingerprint density at radius 1 is 1.71 bits per heavy atom. The van der Waals surface area contributed by atoms with Gasteiger partial charge in [0, 0.05) is 7.05 Å². The van der Waals surface area contributed by atoms with Gasteiger partial charge in [0.1, 0.15) is 6.04 Å². The summed E-state index contributed by atoms with van der Waals surface area (Å²) < 4.78 is 27.1. The van der Waals surface area contributed by atoms with Crippen molar-refractivity contribution in [3.05, 3.63) is 17.5 Å². The predicted molar refractivity (Wildman–Crippen MR) is 48.8 cm³/mol. The van der Waals surface area contributed by atoms with Crippen molar-refractivity contribution in [1.82, 2.24) is 15.2 Å². The number of halogens is 3. The zero-order chi connectivity index (χ0) is 10.9. The third kappa shape index (κ3) is 2.02. The third-order valence-electron chi connectivity index (χ3n) is 1.94. The zero-order valence-electron chi connectivity index (χ0n) is 7.76. The molecule has 0 aliphatic carbocycles. The second-order valence-electron chi connectivity index (χ2n) is 2.98. The molecule has 0 aromatic carbocycles. The highest BCUT2D eigenvalue weighted by molar-refractivity contribution is 6.22. The number of nitrogens with zero attached hydrogens (tertiary/aromatic N) is 2. The van der Waals surface area contributed by atoms with Crippen molar-refractivity contribution in [2.75, 3.05) is 0 Å². The van der Waals surface area contributed by atoms with Crippen LogP contribution in [0.25, 0.3) is 0 Å². The van der Waals surface area contributed by atoms with Crippen LogP contribution in [-0.4, -0.2) is 15.2 Å². The highest BCUT2D eigenvalue weighted by Gasteiger charge is 2.40. The molecular weight excluding hydrogens is 214 g/mol. The maximum atomic E-state index is 12.9. The summed E-state index contributed by atoms with van der Waals surface area (Å²) in [6.45, 7) is 1.66. The molecule has 0 aliphatic rings. The molecule has 80 valence electrons. The number of hydrogen-bond acceptors (Lipinski definition) is 3. The molecular formula is C7H11ClF2N4. The molecule has 0 saturated heterocycles. The lowest BCUT2D eigenvalue weighted by Gasteiger charge is -2.21. The van der Waals surface area contributed by atoms with Crippen LogP contribution in [0.1, 0.15) is 17.3 Å². The van der Waals surface area contributed by atoms with Gasteiger partial charge in [0.15, 0.2) is 0 Å². The summed E-state index contributed by atoms with van der Waals surface area (Å²) in [6.07, 6.45) is 1.47. The Morgan fingerprint density at radius 2 is 2.29 bits per heavy atom. The van der Waals surface area contributed by atoms with Crippen molar-refractivity contribution in [2.24, 2.45) is 12.9 Å². The van der Waals surface area contributed by atoms with E-state index in [0.29, 0.717) is 5.56 Å². The van der Waals surface area contributed by atoms with Gasteiger partial charge < -0.3 is 0 Å². The second kappa shape index (κ2) is 3.80. The molecule has 1 aromatic heterocycles. The topological polar surface area (TPSA) is 55.9 Å². The minimum absolute atomic E-state index is 0.271. The van der Waals surface area contributed by atoms with Crippen LogP contribution in [0.2, 0.25) is 0 Å². The first-order valence-electron chi connectivity index (χ1n) is 3.89. The normalized spacial score (nSPS) is 14.4. The number of hydrazine groups is 1. The first kappa shape index (κ1) is 11.4. The van der Waals surface area contributed by atoms with Gasteiger partial charge in [-0.05, 0) is 24.1 Å². The molecule has 1 heterocycles. The molecule has 4 nitrogen and oxygen atoms in total. The molecule has 1 unspecified atom stereocenters. The Bertz CT molecular complexity index is 300. The Labute approximate surface area is 85.0 Å². The van der Waals surface area contributed by atoms with Gasteiger partial charge >= 0.3 is 5.38 Å². The summed E-state index contributed by atoms with van der Waals surface area (Å²) in [6, 6.07) is -1.45. The van der Waals surface area contributed by atoms with Gasteiger partial charge in [-0.3, -0.25) is 10.5 Å². The molecule has 1 atom stereocenters. The lowest BCUT2D eigenvalue weighted by atomic mass is 10.1. The van der Waals surface area contributed by atoms with Crippen molar-refractivity contribution < 1.29 is 8.78 Å². The first-order chi connectivity index (χ1) is 6.38. The average molecular weight is 225 g/mol. The quantitative estimate of drug-likeness (QED) is 0.459. The summed E-state index contributed by atoms with van der Waals surface area (Å²) in [4.78, 5) is 0. The number of nitrogens with one attached hydrogen (secondary N) is 1. The van der Waals surface area contributed by atoms with E-state index < -0.39 is 11.4 Å². The minimum Gasteiger partial charge on any atom is -0.271 e. The molecule has 0 saturated carbocycles. The van der Waals surface area contributed by atoms with Crippen molar-refractivity contribution >= 4 is 11.6 Å². The van der Waals surface area contributed by atoms with Crippen LogP contribution in [-0.2, 0) is 7.05 Å². The van der Waals surface area contributed by atoms with E-state index in [2.05, 4.69) is 5.10 Å². The fraction of sp³-hybridized carbons (Fsp3) is 0.571. The van der Waals surface area contributed by atoms with Crippen LogP contribution in [0.5, 0.6) is 0 Å². The average Bonchev–Trinajstić information content (AvgIpc) is 2.34. The third-order valence-corrected chi connectivity index (χ3v) is 2.16. The molecule has 1 rings (SSSR count). The Hall–Kier alpha value is -0.720. The summed E-state index contributed by atoms with van der Waals surface area (Å²) in [7, 11) is 1.55. The lowest BCUT2D eigenvalue weighted by Crippen LogP contribution is -2.39. The van der Waals surface area contributed by atoms with Crippen LogP contribution in [0, 0.1) is 6.92 Å². The molecule has 1 aromatic rings. The SMILES string of the molecule is Cc1cnn(C)c1C(NN)C(F)(F)Cl. The van der Waals surface area contributed by atoms with E-state index in [0.717, 1.165) is 0 Å². The first-order valence-corrected chi connectivity index (χ1v) is 4.27. The summed E-state index contributed by atoms with van der Waals surface area (Å²) in [5.41, 5.74) is 2.86. The van der Waals surface area contributed by atoms with Gasteiger partial charge in [0.2, 0.25) is 0 Å². The number of hydrogen-bond donors (Lipinski definition) is 2. The molecule has 7 heteroatoms. The molecule has 0 fully saturated rings. The monoisotopic (exact) mass is 224 g/mol. The summed E-state index contributed by atoms with van der Waals surface area (Å²) in [5, 5.41) is 0.377. The Balaban J connectivity index is 3.13. The summed E-state index contributed by atoms with van der Waals surface area (Å²) in [5.74, 6) is 5.03. The number of rotatable bonds is 3. The Morgan fingerprint density at radius 3 is 2.57 bits per heavy atom. The van der Waals surface area contributed by atoms with Gasteiger partial charge in [-0.25, -0.2) is 5.43 Å². The van der Waals surface area contributed by atoms with Crippen molar-refractivity contribution in [2.45, 2.75) is 18.3 Å². The van der Waals surface area contributed by atoms with Crippen molar-refractivity contribution in [3.8, 4) is 0 Å². The van der Waals surface area contributed by atoms with E-state index in [-0.39, 0.29) is 5.69 Å².